The Morgan fingerprint density at radius 2 is 2.00 bits per heavy atom. The summed E-state index contributed by atoms with van der Waals surface area (Å²) in [7, 11) is 1.80. The maximum atomic E-state index is 12.4. The minimum Gasteiger partial charge on any atom is -0.336 e. The highest BCUT2D eigenvalue weighted by Crippen LogP contribution is 2.27. The van der Waals surface area contributed by atoms with Crippen LogP contribution < -0.4 is 5.73 Å². The number of halogens is 1. The van der Waals surface area contributed by atoms with Crippen LogP contribution in [0.2, 0.25) is 0 Å². The van der Waals surface area contributed by atoms with Crippen molar-refractivity contribution in [1.29, 1.82) is 0 Å². The number of hydrogen-bond acceptors (Lipinski definition) is 3. The van der Waals surface area contributed by atoms with Gasteiger partial charge in [-0.3, -0.25) is 9.48 Å². The Balaban J connectivity index is 0.00000161. The highest BCUT2D eigenvalue weighted by Gasteiger charge is 2.34. The van der Waals surface area contributed by atoms with Crippen molar-refractivity contribution in [2.75, 3.05) is 13.1 Å². The summed E-state index contributed by atoms with van der Waals surface area (Å²) in [5.74, 6) is 0.212. The van der Waals surface area contributed by atoms with E-state index >= 15 is 0 Å². The maximum absolute atomic E-state index is 12.4. The molecule has 112 valence electrons. The molecule has 0 unspecified atom stereocenters. The van der Waals surface area contributed by atoms with Gasteiger partial charge < -0.3 is 10.6 Å². The summed E-state index contributed by atoms with van der Waals surface area (Å²) in [5, 5.41) is 4.04. The van der Waals surface area contributed by atoms with E-state index in [0.29, 0.717) is 18.7 Å². The summed E-state index contributed by atoms with van der Waals surface area (Å²) in [4.78, 5) is 14.2. The van der Waals surface area contributed by atoms with Gasteiger partial charge in [0.2, 0.25) is 0 Å². The Morgan fingerprint density at radius 3 is 2.62 bits per heavy atom. The monoisotopic (exact) mass is 306 g/mol. The second kappa shape index (κ2) is 6.28. The predicted octanol–water partition coefficient (Wildman–Crippen LogP) is 1.41. The molecule has 0 aliphatic carbocycles. The highest BCUT2D eigenvalue weighted by atomic mass is 35.5. The first-order valence-electron chi connectivity index (χ1n) is 6.73. The van der Waals surface area contributed by atoms with Crippen molar-refractivity contribution in [3.63, 3.8) is 0 Å². The van der Waals surface area contributed by atoms with Crippen molar-refractivity contribution in [3.05, 3.63) is 53.9 Å². The van der Waals surface area contributed by atoms with Crippen LogP contribution in [0, 0.1) is 0 Å². The van der Waals surface area contributed by atoms with Crippen molar-refractivity contribution < 1.29 is 4.79 Å². The van der Waals surface area contributed by atoms with Gasteiger partial charge >= 0.3 is 0 Å². The number of likely N-dealkylation sites (tertiary alicyclic amines) is 1. The van der Waals surface area contributed by atoms with E-state index in [2.05, 4.69) is 17.2 Å². The van der Waals surface area contributed by atoms with Crippen LogP contribution in [0.4, 0.5) is 0 Å². The second-order valence-electron chi connectivity index (χ2n) is 5.29. The van der Waals surface area contributed by atoms with Crippen molar-refractivity contribution >= 4 is 18.3 Å². The Hall–Kier alpha value is -1.85. The molecule has 2 heterocycles. The van der Waals surface area contributed by atoms with E-state index in [-0.39, 0.29) is 30.3 Å². The highest BCUT2D eigenvalue weighted by molar-refractivity contribution is 5.94. The van der Waals surface area contributed by atoms with E-state index in [1.807, 2.05) is 23.1 Å². The molecular weight excluding hydrogens is 288 g/mol. The Kier molecular flexibility index (Phi) is 4.65. The average molecular weight is 307 g/mol. The number of benzene rings is 1. The van der Waals surface area contributed by atoms with Crippen molar-refractivity contribution in [2.45, 2.75) is 12.0 Å². The molecule has 1 aromatic carbocycles. The van der Waals surface area contributed by atoms with E-state index < -0.39 is 0 Å². The lowest BCUT2D eigenvalue weighted by molar-refractivity contribution is 0.0789. The van der Waals surface area contributed by atoms with E-state index in [4.69, 9.17) is 5.73 Å². The number of hydrogen-bond donors (Lipinski definition) is 1. The number of amides is 1. The van der Waals surface area contributed by atoms with E-state index in [0.717, 1.165) is 0 Å². The fraction of sp³-hybridized carbons (Fsp3) is 0.333. The summed E-state index contributed by atoms with van der Waals surface area (Å²) in [6.07, 6.45) is 3.34. The maximum Gasteiger partial charge on any atom is 0.257 e. The fourth-order valence-electron chi connectivity index (χ4n) is 2.76. The van der Waals surface area contributed by atoms with Crippen LogP contribution >= 0.6 is 12.4 Å². The number of carbonyl (C=O) groups excluding carboxylic acids is 1. The second-order valence-corrected chi connectivity index (χ2v) is 5.29. The van der Waals surface area contributed by atoms with Gasteiger partial charge in [0, 0.05) is 38.3 Å². The topological polar surface area (TPSA) is 64.2 Å². The zero-order chi connectivity index (χ0) is 14.1. The van der Waals surface area contributed by atoms with Gasteiger partial charge in [0.1, 0.15) is 0 Å². The summed E-state index contributed by atoms with van der Waals surface area (Å²) >= 11 is 0. The van der Waals surface area contributed by atoms with Gasteiger partial charge in [0.15, 0.2) is 0 Å². The molecule has 0 saturated carbocycles. The van der Waals surface area contributed by atoms with E-state index in [1.165, 1.54) is 5.56 Å². The Bertz CT molecular complexity index is 613. The van der Waals surface area contributed by atoms with Gasteiger partial charge in [-0.2, -0.15) is 5.10 Å². The van der Waals surface area contributed by atoms with Crippen LogP contribution in [0.15, 0.2) is 42.7 Å². The molecule has 5 nitrogen and oxygen atoms in total. The van der Waals surface area contributed by atoms with Crippen molar-refractivity contribution in [1.82, 2.24) is 14.7 Å². The molecule has 21 heavy (non-hydrogen) atoms. The van der Waals surface area contributed by atoms with E-state index in [9.17, 15) is 4.79 Å². The van der Waals surface area contributed by atoms with Gasteiger partial charge in [-0.05, 0) is 5.56 Å². The zero-order valence-corrected chi connectivity index (χ0v) is 12.7. The van der Waals surface area contributed by atoms with Crippen LogP contribution in [0.3, 0.4) is 0 Å². The minimum atomic E-state index is -0.0157. The number of nitrogens with zero attached hydrogens (tertiary/aromatic N) is 3. The minimum absolute atomic E-state index is 0. The third-order valence-corrected chi connectivity index (χ3v) is 3.83. The summed E-state index contributed by atoms with van der Waals surface area (Å²) in [6, 6.07) is 10.1. The number of carbonyl (C=O) groups is 1. The molecule has 1 saturated heterocycles. The van der Waals surface area contributed by atoms with Gasteiger partial charge in [0.25, 0.3) is 5.91 Å². The van der Waals surface area contributed by atoms with Crippen molar-refractivity contribution in [3.8, 4) is 0 Å². The molecule has 1 aliphatic heterocycles. The first kappa shape index (κ1) is 15.5. The fourth-order valence-corrected chi connectivity index (χ4v) is 2.76. The molecule has 2 aromatic rings. The van der Waals surface area contributed by atoms with Gasteiger partial charge in [0.05, 0.1) is 11.8 Å². The first-order chi connectivity index (χ1) is 9.65. The number of aryl methyl sites for hydroxylation is 1. The van der Waals surface area contributed by atoms with Gasteiger partial charge in [-0.1, -0.05) is 30.3 Å². The van der Waals surface area contributed by atoms with Crippen molar-refractivity contribution in [2.24, 2.45) is 12.8 Å². The molecule has 2 N–H and O–H groups in total. The first-order valence-corrected chi connectivity index (χ1v) is 6.73. The summed E-state index contributed by atoms with van der Waals surface area (Å²) in [5.41, 5.74) is 8.02. The largest absolute Gasteiger partial charge is 0.336 e. The molecule has 1 aliphatic rings. The van der Waals surface area contributed by atoms with Crippen LogP contribution in [0.25, 0.3) is 0 Å². The Morgan fingerprint density at radius 1 is 1.29 bits per heavy atom. The molecule has 6 heteroatoms. The number of aromatic nitrogens is 2. The number of rotatable bonds is 2. The Labute approximate surface area is 130 Å². The van der Waals surface area contributed by atoms with Crippen LogP contribution in [-0.4, -0.2) is 39.7 Å². The molecule has 3 rings (SSSR count). The molecular formula is C15H19ClN4O. The van der Waals surface area contributed by atoms with Gasteiger partial charge in [-0.15, -0.1) is 12.4 Å². The molecule has 1 amide bonds. The predicted molar refractivity (Wildman–Crippen MR) is 83.5 cm³/mol. The summed E-state index contributed by atoms with van der Waals surface area (Å²) < 4.78 is 1.64. The molecule has 1 aromatic heterocycles. The molecule has 1 fully saturated rings. The van der Waals surface area contributed by atoms with Crippen LogP contribution in [0.1, 0.15) is 21.8 Å². The van der Waals surface area contributed by atoms with E-state index in [1.54, 1.807) is 24.1 Å². The van der Waals surface area contributed by atoms with Crippen LogP contribution in [0.5, 0.6) is 0 Å². The quantitative estimate of drug-likeness (QED) is 0.912. The van der Waals surface area contributed by atoms with Crippen LogP contribution in [-0.2, 0) is 7.05 Å². The third kappa shape index (κ3) is 3.09. The lowest BCUT2D eigenvalue weighted by Gasteiger charge is -2.15. The molecule has 0 radical (unpaired) electrons. The third-order valence-electron chi connectivity index (χ3n) is 3.83. The summed E-state index contributed by atoms with van der Waals surface area (Å²) in [6.45, 7) is 1.26. The zero-order valence-electron chi connectivity index (χ0n) is 11.8. The normalized spacial score (nSPS) is 21.1. The average Bonchev–Trinajstić information content (AvgIpc) is 3.05. The molecule has 0 bridgehead atoms. The standard InChI is InChI=1S/C15H18N4O.ClH/c1-18-8-12(7-17-18)15(20)19-9-13(14(16)10-19)11-5-3-2-4-6-11;/h2-8,13-14H,9-10,16H2,1H3;1H/t13-,14+;/m0./s1. The lowest BCUT2D eigenvalue weighted by Crippen LogP contribution is -2.32. The molecule has 2 atom stereocenters. The number of nitrogens with two attached hydrogens (primary N) is 1. The van der Waals surface area contributed by atoms with Gasteiger partial charge in [-0.25, -0.2) is 0 Å². The lowest BCUT2D eigenvalue weighted by atomic mass is 9.95. The SMILES string of the molecule is Cl.Cn1cc(C(=O)N2C[C@@H](N)[C@H](c3ccccc3)C2)cn1. The molecule has 0 spiro atoms. The smallest absolute Gasteiger partial charge is 0.257 e.